The Morgan fingerprint density at radius 3 is 2.78 bits per heavy atom. The zero-order valence-corrected chi connectivity index (χ0v) is 15.3. The van der Waals surface area contributed by atoms with Gasteiger partial charge >= 0.3 is 5.97 Å². The van der Waals surface area contributed by atoms with Crippen LogP contribution < -0.4 is 5.32 Å². The lowest BCUT2D eigenvalue weighted by atomic mass is 10.2. The molecule has 1 atom stereocenters. The number of nitrogens with zero attached hydrogens (tertiary/aromatic N) is 3. The minimum atomic E-state index is -1.08. The molecule has 0 aliphatic carbocycles. The number of anilines is 1. The number of carbonyl (C=O) groups excluding carboxylic acids is 2. The molecular formula is C18H16ClFN4O3. The van der Waals surface area contributed by atoms with Crippen molar-refractivity contribution in [3.63, 3.8) is 0 Å². The summed E-state index contributed by atoms with van der Waals surface area (Å²) >= 11 is 5.87. The number of hydrogen-bond acceptors (Lipinski definition) is 5. The molecule has 0 radical (unpaired) electrons. The summed E-state index contributed by atoms with van der Waals surface area (Å²) in [7, 11) is 0. The SMILES string of the molecule is CCn1nnc2cc(C(=O)O[C@H](C)C(=O)Nc3ccc(F)cc3Cl)ccc21. The first-order chi connectivity index (χ1) is 12.9. The quantitative estimate of drug-likeness (QED) is 0.674. The average molecular weight is 391 g/mol. The number of amides is 1. The molecule has 3 aromatic rings. The fraction of sp³-hybridized carbons (Fsp3) is 0.222. The Kier molecular flexibility index (Phi) is 5.36. The molecule has 140 valence electrons. The summed E-state index contributed by atoms with van der Waals surface area (Å²) in [5.74, 6) is -1.78. The summed E-state index contributed by atoms with van der Waals surface area (Å²) in [6.07, 6.45) is -1.08. The maximum absolute atomic E-state index is 13.1. The molecule has 1 N–H and O–H groups in total. The monoisotopic (exact) mass is 390 g/mol. The molecule has 9 heteroatoms. The molecular weight excluding hydrogens is 375 g/mol. The van der Waals surface area contributed by atoms with E-state index in [0.717, 1.165) is 17.6 Å². The molecule has 0 saturated carbocycles. The van der Waals surface area contributed by atoms with Crippen LogP contribution in [0.15, 0.2) is 36.4 Å². The van der Waals surface area contributed by atoms with E-state index in [0.29, 0.717) is 12.1 Å². The number of aryl methyl sites for hydroxylation is 1. The summed E-state index contributed by atoms with van der Waals surface area (Å²) in [5.41, 5.74) is 1.83. The number of ether oxygens (including phenoxy) is 1. The molecule has 0 saturated heterocycles. The predicted octanol–water partition coefficient (Wildman–Crippen LogP) is 3.43. The largest absolute Gasteiger partial charge is 0.449 e. The lowest BCUT2D eigenvalue weighted by Crippen LogP contribution is -2.30. The van der Waals surface area contributed by atoms with Crippen molar-refractivity contribution in [3.05, 3.63) is 52.8 Å². The van der Waals surface area contributed by atoms with Crippen molar-refractivity contribution in [2.24, 2.45) is 0 Å². The van der Waals surface area contributed by atoms with Crippen molar-refractivity contribution in [2.45, 2.75) is 26.5 Å². The Hall–Kier alpha value is -3.00. The van der Waals surface area contributed by atoms with E-state index >= 15 is 0 Å². The van der Waals surface area contributed by atoms with Crippen LogP contribution >= 0.6 is 11.6 Å². The van der Waals surface area contributed by atoms with Gasteiger partial charge in [0.2, 0.25) is 0 Å². The highest BCUT2D eigenvalue weighted by atomic mass is 35.5. The van der Waals surface area contributed by atoms with Gasteiger partial charge in [-0.3, -0.25) is 4.79 Å². The van der Waals surface area contributed by atoms with E-state index < -0.39 is 23.8 Å². The normalized spacial score (nSPS) is 12.0. The lowest BCUT2D eigenvalue weighted by Gasteiger charge is -2.14. The van der Waals surface area contributed by atoms with Gasteiger partial charge in [0.25, 0.3) is 5.91 Å². The van der Waals surface area contributed by atoms with E-state index in [2.05, 4.69) is 15.6 Å². The highest BCUT2D eigenvalue weighted by Gasteiger charge is 2.20. The van der Waals surface area contributed by atoms with Gasteiger partial charge < -0.3 is 10.1 Å². The van der Waals surface area contributed by atoms with Crippen molar-refractivity contribution >= 4 is 40.2 Å². The molecule has 1 aromatic heterocycles. The molecule has 1 amide bonds. The molecule has 0 unspecified atom stereocenters. The Labute approximate surface area is 159 Å². The number of esters is 1. The van der Waals surface area contributed by atoms with Crippen LogP contribution in [-0.4, -0.2) is 33.0 Å². The summed E-state index contributed by atoms with van der Waals surface area (Å²) < 4.78 is 20.0. The van der Waals surface area contributed by atoms with Crippen LogP contribution in [0.2, 0.25) is 5.02 Å². The van der Waals surface area contributed by atoms with Crippen LogP contribution in [0, 0.1) is 5.82 Å². The summed E-state index contributed by atoms with van der Waals surface area (Å²) in [6.45, 7) is 4.02. The number of carbonyl (C=O) groups is 2. The van der Waals surface area contributed by atoms with Gasteiger partial charge in [-0.1, -0.05) is 16.8 Å². The van der Waals surface area contributed by atoms with Gasteiger partial charge in [-0.25, -0.2) is 13.9 Å². The first kappa shape index (κ1) is 18.8. The fourth-order valence-electron chi connectivity index (χ4n) is 2.44. The number of rotatable bonds is 5. The fourth-order valence-corrected chi connectivity index (χ4v) is 2.65. The van der Waals surface area contributed by atoms with E-state index in [1.165, 1.54) is 13.0 Å². The second-order valence-electron chi connectivity index (χ2n) is 5.77. The molecule has 1 heterocycles. The van der Waals surface area contributed by atoms with Crippen molar-refractivity contribution in [1.29, 1.82) is 0 Å². The standard InChI is InChI=1S/C18H16ClFN4O3/c1-3-24-16-7-4-11(8-15(16)22-23-24)18(26)27-10(2)17(25)21-14-6-5-12(20)9-13(14)19/h4-10H,3H2,1-2H3,(H,21,25)/t10-/m1/s1. The number of nitrogens with one attached hydrogen (secondary N) is 1. The highest BCUT2D eigenvalue weighted by Crippen LogP contribution is 2.23. The van der Waals surface area contributed by atoms with Crippen molar-refractivity contribution < 1.29 is 18.7 Å². The minimum absolute atomic E-state index is 0.0475. The third-order valence-corrected chi connectivity index (χ3v) is 4.20. The minimum Gasteiger partial charge on any atom is -0.449 e. The molecule has 7 nitrogen and oxygen atoms in total. The number of aromatic nitrogens is 3. The van der Waals surface area contributed by atoms with Crippen molar-refractivity contribution in [2.75, 3.05) is 5.32 Å². The van der Waals surface area contributed by atoms with Crippen LogP contribution in [0.25, 0.3) is 11.0 Å². The first-order valence-corrected chi connectivity index (χ1v) is 8.57. The van der Waals surface area contributed by atoms with Gasteiger partial charge in [0.15, 0.2) is 6.10 Å². The van der Waals surface area contributed by atoms with E-state index in [4.69, 9.17) is 16.3 Å². The molecule has 0 aliphatic heterocycles. The van der Waals surface area contributed by atoms with Crippen LogP contribution in [-0.2, 0) is 16.1 Å². The maximum Gasteiger partial charge on any atom is 0.338 e. The lowest BCUT2D eigenvalue weighted by molar-refractivity contribution is -0.123. The molecule has 0 aliphatic rings. The zero-order valence-electron chi connectivity index (χ0n) is 14.6. The maximum atomic E-state index is 13.1. The average Bonchev–Trinajstić information content (AvgIpc) is 3.06. The second-order valence-corrected chi connectivity index (χ2v) is 6.18. The van der Waals surface area contributed by atoms with E-state index in [9.17, 15) is 14.0 Å². The molecule has 0 spiro atoms. The van der Waals surface area contributed by atoms with Crippen LogP contribution in [0.1, 0.15) is 24.2 Å². The van der Waals surface area contributed by atoms with Gasteiger partial charge in [-0.2, -0.15) is 0 Å². The van der Waals surface area contributed by atoms with Crippen LogP contribution in [0.5, 0.6) is 0 Å². The summed E-state index contributed by atoms with van der Waals surface area (Å²) in [5, 5.41) is 10.5. The first-order valence-electron chi connectivity index (χ1n) is 8.19. The summed E-state index contributed by atoms with van der Waals surface area (Å²) in [6, 6.07) is 8.43. The highest BCUT2D eigenvalue weighted by molar-refractivity contribution is 6.33. The Balaban J connectivity index is 1.68. The number of halogens is 2. The van der Waals surface area contributed by atoms with Crippen LogP contribution in [0.4, 0.5) is 10.1 Å². The topological polar surface area (TPSA) is 86.1 Å². The van der Waals surface area contributed by atoms with Gasteiger partial charge in [0.05, 0.1) is 21.8 Å². The number of benzene rings is 2. The van der Waals surface area contributed by atoms with Gasteiger partial charge in [-0.05, 0) is 50.2 Å². The zero-order chi connectivity index (χ0) is 19.6. The Morgan fingerprint density at radius 2 is 2.07 bits per heavy atom. The number of fused-ring (bicyclic) bond motifs is 1. The Bertz CT molecular complexity index is 1020. The molecule has 3 rings (SSSR count). The van der Waals surface area contributed by atoms with Gasteiger partial charge in [0.1, 0.15) is 11.3 Å². The Morgan fingerprint density at radius 1 is 1.30 bits per heavy atom. The van der Waals surface area contributed by atoms with Gasteiger partial charge in [0, 0.05) is 6.54 Å². The van der Waals surface area contributed by atoms with Gasteiger partial charge in [-0.15, -0.1) is 5.10 Å². The van der Waals surface area contributed by atoms with Crippen LogP contribution in [0.3, 0.4) is 0 Å². The molecule has 0 fully saturated rings. The van der Waals surface area contributed by atoms with E-state index in [-0.39, 0.29) is 16.3 Å². The molecule has 27 heavy (non-hydrogen) atoms. The third-order valence-electron chi connectivity index (χ3n) is 3.89. The number of hydrogen-bond donors (Lipinski definition) is 1. The van der Waals surface area contributed by atoms with Crippen molar-refractivity contribution in [1.82, 2.24) is 15.0 Å². The molecule has 2 aromatic carbocycles. The summed E-state index contributed by atoms with van der Waals surface area (Å²) in [4.78, 5) is 24.5. The second kappa shape index (κ2) is 7.71. The third kappa shape index (κ3) is 4.06. The van der Waals surface area contributed by atoms with E-state index in [1.54, 1.807) is 22.9 Å². The van der Waals surface area contributed by atoms with E-state index in [1.807, 2.05) is 6.92 Å². The smallest absolute Gasteiger partial charge is 0.338 e. The predicted molar refractivity (Wildman–Crippen MR) is 98.1 cm³/mol. The molecule has 0 bridgehead atoms. The van der Waals surface area contributed by atoms with Crippen molar-refractivity contribution in [3.8, 4) is 0 Å².